The van der Waals surface area contributed by atoms with E-state index in [9.17, 15) is 4.79 Å². The molecule has 1 aromatic carbocycles. The average Bonchev–Trinajstić information content (AvgIpc) is 3.39. The fourth-order valence-electron chi connectivity index (χ4n) is 5.77. The minimum Gasteiger partial charge on any atom is -0.348 e. The molecule has 5 nitrogen and oxygen atoms in total. The Morgan fingerprint density at radius 3 is 2.48 bits per heavy atom. The molecule has 0 unspecified atom stereocenters. The number of carbonyl (C=O) groups excluding carboxylic acids is 1. The molecule has 1 saturated heterocycles. The quantitative estimate of drug-likeness (QED) is 0.778. The van der Waals surface area contributed by atoms with Crippen molar-refractivity contribution in [3.8, 4) is 5.69 Å². The van der Waals surface area contributed by atoms with Crippen LogP contribution in [-0.2, 0) is 12.8 Å². The molecular weight excluding hydrogens is 384 g/mol. The fourth-order valence-corrected chi connectivity index (χ4v) is 5.77. The Morgan fingerprint density at radius 1 is 1.00 bits per heavy atom. The second-order valence-electron chi connectivity index (χ2n) is 9.93. The van der Waals surface area contributed by atoms with Crippen molar-refractivity contribution in [3.05, 3.63) is 46.8 Å². The standard InChI is InChI=1S/C26H36N4O/c1-19-10-12-22(13-11-19)30-24-9-5-8-23(24)25(28-30)26(31)27-21-14-16-29(17-15-21)18-20-6-3-2-4-7-20/h10-13,20-21H,2-9,14-18H2,1H3,(H,27,31). The Bertz CT molecular complexity index is 902. The molecule has 31 heavy (non-hydrogen) atoms. The highest BCUT2D eigenvalue weighted by atomic mass is 16.2. The summed E-state index contributed by atoms with van der Waals surface area (Å²) in [5.41, 5.74) is 5.32. The molecule has 2 aromatic rings. The lowest BCUT2D eigenvalue weighted by molar-refractivity contribution is 0.0895. The number of amides is 1. The van der Waals surface area contributed by atoms with E-state index in [1.807, 2.05) is 4.68 Å². The first-order valence-electron chi connectivity index (χ1n) is 12.4. The van der Waals surface area contributed by atoms with Crippen molar-refractivity contribution in [1.82, 2.24) is 20.0 Å². The summed E-state index contributed by atoms with van der Waals surface area (Å²) in [6, 6.07) is 8.70. The number of benzene rings is 1. The van der Waals surface area contributed by atoms with Crippen LogP contribution in [0.1, 0.15) is 78.7 Å². The highest BCUT2D eigenvalue weighted by molar-refractivity contribution is 5.94. The van der Waals surface area contributed by atoms with Gasteiger partial charge in [-0.2, -0.15) is 5.10 Å². The van der Waals surface area contributed by atoms with E-state index in [1.54, 1.807) is 0 Å². The number of nitrogens with zero attached hydrogens (tertiary/aromatic N) is 3. The van der Waals surface area contributed by atoms with E-state index in [-0.39, 0.29) is 11.9 Å². The van der Waals surface area contributed by atoms with Gasteiger partial charge in [-0.05, 0) is 69.9 Å². The van der Waals surface area contributed by atoms with Crippen molar-refractivity contribution < 1.29 is 4.79 Å². The molecule has 0 bridgehead atoms. The number of hydrogen-bond donors (Lipinski definition) is 1. The molecule has 5 rings (SSSR count). The molecular formula is C26H36N4O. The van der Waals surface area contributed by atoms with Crippen molar-refractivity contribution in [2.45, 2.75) is 77.2 Å². The largest absolute Gasteiger partial charge is 0.348 e. The third kappa shape index (κ3) is 4.57. The van der Waals surface area contributed by atoms with E-state index in [4.69, 9.17) is 5.10 Å². The second kappa shape index (κ2) is 9.15. The number of aryl methyl sites for hydroxylation is 1. The maximum absolute atomic E-state index is 13.2. The maximum Gasteiger partial charge on any atom is 0.272 e. The van der Waals surface area contributed by atoms with Crippen LogP contribution in [0.5, 0.6) is 0 Å². The topological polar surface area (TPSA) is 50.2 Å². The van der Waals surface area contributed by atoms with Crippen LogP contribution in [0.3, 0.4) is 0 Å². The van der Waals surface area contributed by atoms with Crippen LogP contribution in [0.2, 0.25) is 0 Å². The van der Waals surface area contributed by atoms with Crippen molar-refractivity contribution >= 4 is 5.91 Å². The van der Waals surface area contributed by atoms with Gasteiger partial charge in [-0.15, -0.1) is 0 Å². The zero-order valence-corrected chi connectivity index (χ0v) is 18.9. The van der Waals surface area contributed by atoms with Crippen LogP contribution >= 0.6 is 0 Å². The van der Waals surface area contributed by atoms with E-state index in [0.29, 0.717) is 5.69 Å². The molecule has 1 amide bonds. The summed E-state index contributed by atoms with van der Waals surface area (Å²) in [6.45, 7) is 5.57. The van der Waals surface area contributed by atoms with Gasteiger partial charge in [0.2, 0.25) is 0 Å². The summed E-state index contributed by atoms with van der Waals surface area (Å²) in [5.74, 6) is 0.919. The summed E-state index contributed by atoms with van der Waals surface area (Å²) in [4.78, 5) is 15.8. The summed E-state index contributed by atoms with van der Waals surface area (Å²) >= 11 is 0. The van der Waals surface area contributed by atoms with Crippen LogP contribution in [-0.4, -0.2) is 46.3 Å². The molecule has 2 fully saturated rings. The lowest BCUT2D eigenvalue weighted by atomic mass is 9.88. The number of piperidine rings is 1. The molecule has 3 aliphatic rings. The Morgan fingerprint density at radius 2 is 1.74 bits per heavy atom. The normalized spacial score (nSPS) is 20.7. The van der Waals surface area contributed by atoms with Gasteiger partial charge in [-0.25, -0.2) is 4.68 Å². The van der Waals surface area contributed by atoms with Crippen LogP contribution in [0.4, 0.5) is 0 Å². The van der Waals surface area contributed by atoms with Crippen molar-refractivity contribution in [1.29, 1.82) is 0 Å². The number of rotatable bonds is 5. The number of aromatic nitrogens is 2. The highest BCUT2D eigenvalue weighted by Crippen LogP contribution is 2.29. The van der Waals surface area contributed by atoms with Gasteiger partial charge in [0.15, 0.2) is 5.69 Å². The number of carbonyl (C=O) groups is 1. The van der Waals surface area contributed by atoms with Crippen LogP contribution in [0, 0.1) is 12.8 Å². The fraction of sp³-hybridized carbons (Fsp3) is 0.615. The van der Waals surface area contributed by atoms with Gasteiger partial charge in [-0.1, -0.05) is 37.0 Å². The monoisotopic (exact) mass is 420 g/mol. The first-order chi connectivity index (χ1) is 15.2. The predicted molar refractivity (Wildman–Crippen MR) is 124 cm³/mol. The Balaban J connectivity index is 1.21. The van der Waals surface area contributed by atoms with Gasteiger partial charge in [0, 0.05) is 36.9 Å². The first-order valence-corrected chi connectivity index (χ1v) is 12.4. The minimum absolute atomic E-state index is 0.0229. The molecule has 2 aliphatic carbocycles. The molecule has 166 valence electrons. The predicted octanol–water partition coefficient (Wildman–Crippen LogP) is 4.44. The van der Waals surface area contributed by atoms with E-state index in [2.05, 4.69) is 41.4 Å². The van der Waals surface area contributed by atoms with Crippen molar-refractivity contribution in [2.75, 3.05) is 19.6 Å². The van der Waals surface area contributed by atoms with Crippen LogP contribution < -0.4 is 5.32 Å². The summed E-state index contributed by atoms with van der Waals surface area (Å²) < 4.78 is 2.00. The highest BCUT2D eigenvalue weighted by Gasteiger charge is 2.29. The molecule has 5 heteroatoms. The molecule has 2 heterocycles. The minimum atomic E-state index is 0.0229. The maximum atomic E-state index is 13.2. The SMILES string of the molecule is Cc1ccc(-n2nc(C(=O)NC3CCN(CC4CCCCC4)CC3)c3c2CCC3)cc1. The Labute approximate surface area is 186 Å². The summed E-state index contributed by atoms with van der Waals surface area (Å²) in [7, 11) is 0. The smallest absolute Gasteiger partial charge is 0.272 e. The number of hydrogen-bond acceptors (Lipinski definition) is 3. The van der Waals surface area contributed by atoms with Crippen LogP contribution in [0.25, 0.3) is 5.69 Å². The third-order valence-corrected chi connectivity index (χ3v) is 7.59. The average molecular weight is 421 g/mol. The Kier molecular flexibility index (Phi) is 6.13. The summed E-state index contributed by atoms with van der Waals surface area (Å²) in [5, 5.41) is 8.11. The first kappa shape index (κ1) is 20.7. The molecule has 1 aromatic heterocycles. The zero-order valence-electron chi connectivity index (χ0n) is 18.9. The van der Waals surface area contributed by atoms with Gasteiger partial charge in [-0.3, -0.25) is 4.79 Å². The van der Waals surface area contributed by atoms with Crippen LogP contribution in [0.15, 0.2) is 24.3 Å². The van der Waals surface area contributed by atoms with E-state index < -0.39 is 0 Å². The van der Waals surface area contributed by atoms with E-state index in [0.717, 1.165) is 62.4 Å². The molecule has 0 spiro atoms. The summed E-state index contributed by atoms with van der Waals surface area (Å²) in [6.07, 6.45) is 12.3. The van der Waals surface area contributed by atoms with E-state index in [1.165, 1.54) is 49.9 Å². The van der Waals surface area contributed by atoms with Gasteiger partial charge in [0.25, 0.3) is 5.91 Å². The van der Waals surface area contributed by atoms with Gasteiger partial charge in [0.05, 0.1) is 5.69 Å². The number of likely N-dealkylation sites (tertiary alicyclic amines) is 1. The zero-order chi connectivity index (χ0) is 21.2. The molecule has 0 radical (unpaired) electrons. The molecule has 1 aliphatic heterocycles. The van der Waals surface area contributed by atoms with Crippen molar-refractivity contribution in [3.63, 3.8) is 0 Å². The lowest BCUT2D eigenvalue weighted by Gasteiger charge is -2.35. The molecule has 1 saturated carbocycles. The van der Waals surface area contributed by atoms with E-state index >= 15 is 0 Å². The molecule has 1 N–H and O–H groups in total. The molecule has 0 atom stereocenters. The van der Waals surface area contributed by atoms with Gasteiger partial charge >= 0.3 is 0 Å². The van der Waals surface area contributed by atoms with Crippen molar-refractivity contribution in [2.24, 2.45) is 5.92 Å². The van der Waals surface area contributed by atoms with Gasteiger partial charge in [0.1, 0.15) is 0 Å². The van der Waals surface area contributed by atoms with Gasteiger partial charge < -0.3 is 10.2 Å². The number of fused-ring (bicyclic) bond motifs is 1. The lowest BCUT2D eigenvalue weighted by Crippen LogP contribution is -2.46. The second-order valence-corrected chi connectivity index (χ2v) is 9.93. The third-order valence-electron chi connectivity index (χ3n) is 7.59. The number of nitrogens with one attached hydrogen (secondary N) is 1. The Hall–Kier alpha value is -2.14.